The van der Waals surface area contributed by atoms with E-state index in [0.717, 1.165) is 17.1 Å². The van der Waals surface area contributed by atoms with Gasteiger partial charge in [0.1, 0.15) is 5.82 Å². The van der Waals surface area contributed by atoms with Gasteiger partial charge in [-0.2, -0.15) is 0 Å². The molecule has 1 aromatic carbocycles. The number of nitrogens with zero attached hydrogens (tertiary/aromatic N) is 2. The van der Waals surface area contributed by atoms with Gasteiger partial charge in [0.15, 0.2) is 0 Å². The minimum absolute atomic E-state index is 0.472. The lowest BCUT2D eigenvalue weighted by atomic mass is 10.2. The second-order valence-corrected chi connectivity index (χ2v) is 4.28. The van der Waals surface area contributed by atoms with E-state index in [9.17, 15) is 0 Å². The Morgan fingerprint density at radius 3 is 2.53 bits per heavy atom. The first-order valence-electron chi connectivity index (χ1n) is 5.52. The third kappa shape index (κ3) is 2.59. The van der Waals surface area contributed by atoms with Crippen molar-refractivity contribution in [3.63, 3.8) is 0 Å². The van der Waals surface area contributed by atoms with E-state index in [-0.39, 0.29) is 0 Å². The molecule has 0 amide bonds. The van der Waals surface area contributed by atoms with Crippen LogP contribution < -0.4 is 4.90 Å². The molecule has 0 saturated carbocycles. The third-order valence-corrected chi connectivity index (χ3v) is 3.04. The fraction of sp³-hybridized carbons (Fsp3) is 0.214. The average molecular weight is 247 g/mol. The van der Waals surface area contributed by atoms with E-state index in [1.807, 2.05) is 19.2 Å². The van der Waals surface area contributed by atoms with E-state index in [1.165, 1.54) is 5.56 Å². The lowest BCUT2D eigenvalue weighted by Crippen LogP contribution is -2.13. The number of benzene rings is 1. The minimum atomic E-state index is 0.472. The summed E-state index contributed by atoms with van der Waals surface area (Å²) in [5, 5.41) is 0. The zero-order chi connectivity index (χ0) is 12.3. The van der Waals surface area contributed by atoms with Crippen molar-refractivity contribution in [3.8, 4) is 0 Å². The molecule has 0 fully saturated rings. The maximum absolute atomic E-state index is 5.92. The van der Waals surface area contributed by atoms with Crippen LogP contribution in [-0.4, -0.2) is 12.0 Å². The van der Waals surface area contributed by atoms with Crippen LogP contribution in [0.15, 0.2) is 42.6 Å². The van der Waals surface area contributed by atoms with Crippen molar-refractivity contribution in [1.29, 1.82) is 0 Å². The summed E-state index contributed by atoms with van der Waals surface area (Å²) < 4.78 is 0. The molecule has 0 bridgehead atoms. The first-order valence-corrected chi connectivity index (χ1v) is 6.06. The number of aryl methyl sites for hydroxylation is 1. The monoisotopic (exact) mass is 246 g/mol. The average Bonchev–Trinajstić information content (AvgIpc) is 2.39. The Bertz CT molecular complexity index is 494. The van der Waals surface area contributed by atoms with E-state index in [4.69, 9.17) is 11.6 Å². The van der Waals surface area contributed by atoms with E-state index < -0.39 is 0 Å². The summed E-state index contributed by atoms with van der Waals surface area (Å²) in [5.41, 5.74) is 3.40. The third-order valence-electron chi connectivity index (χ3n) is 2.75. The predicted molar refractivity (Wildman–Crippen MR) is 73.0 cm³/mol. The van der Waals surface area contributed by atoms with Crippen LogP contribution in [0.4, 0.5) is 11.5 Å². The number of hydrogen-bond donors (Lipinski definition) is 0. The van der Waals surface area contributed by atoms with E-state index in [2.05, 4.69) is 41.1 Å². The van der Waals surface area contributed by atoms with Gasteiger partial charge in [-0.1, -0.05) is 23.8 Å². The summed E-state index contributed by atoms with van der Waals surface area (Å²) in [4.78, 5) is 6.44. The molecule has 0 unspecified atom stereocenters. The van der Waals surface area contributed by atoms with Crippen molar-refractivity contribution in [1.82, 2.24) is 4.98 Å². The summed E-state index contributed by atoms with van der Waals surface area (Å²) in [6, 6.07) is 12.3. The van der Waals surface area contributed by atoms with Gasteiger partial charge in [0.2, 0.25) is 0 Å². The second kappa shape index (κ2) is 5.19. The SMILES string of the molecule is Cc1ccc(N(C)c2ncccc2CCl)cc1. The van der Waals surface area contributed by atoms with Gasteiger partial charge in [-0.25, -0.2) is 4.98 Å². The minimum Gasteiger partial charge on any atom is -0.329 e. The maximum atomic E-state index is 5.92. The Labute approximate surface area is 107 Å². The smallest absolute Gasteiger partial charge is 0.137 e. The number of pyridine rings is 1. The molecule has 0 saturated heterocycles. The highest BCUT2D eigenvalue weighted by Gasteiger charge is 2.09. The van der Waals surface area contributed by atoms with E-state index >= 15 is 0 Å². The molecule has 0 aliphatic carbocycles. The fourth-order valence-electron chi connectivity index (χ4n) is 1.73. The molecule has 88 valence electrons. The van der Waals surface area contributed by atoms with Crippen LogP contribution in [0.2, 0.25) is 0 Å². The van der Waals surface area contributed by atoms with Crippen LogP contribution in [-0.2, 0) is 5.88 Å². The van der Waals surface area contributed by atoms with Gasteiger partial charge in [0.25, 0.3) is 0 Å². The zero-order valence-corrected chi connectivity index (χ0v) is 10.8. The first-order chi connectivity index (χ1) is 8.22. The van der Waals surface area contributed by atoms with Crippen molar-refractivity contribution < 1.29 is 0 Å². The van der Waals surface area contributed by atoms with Crippen LogP contribution in [0.5, 0.6) is 0 Å². The number of halogens is 1. The highest BCUT2D eigenvalue weighted by atomic mass is 35.5. The fourth-order valence-corrected chi connectivity index (χ4v) is 1.94. The Hall–Kier alpha value is -1.54. The van der Waals surface area contributed by atoms with Crippen molar-refractivity contribution in [2.24, 2.45) is 0 Å². The number of hydrogen-bond acceptors (Lipinski definition) is 2. The van der Waals surface area contributed by atoms with Crippen LogP contribution in [0.25, 0.3) is 0 Å². The number of aromatic nitrogens is 1. The lowest BCUT2D eigenvalue weighted by Gasteiger charge is -2.20. The molecular formula is C14H15ClN2. The van der Waals surface area contributed by atoms with Crippen LogP contribution in [0, 0.1) is 6.92 Å². The molecule has 2 rings (SSSR count). The quantitative estimate of drug-likeness (QED) is 0.764. The van der Waals surface area contributed by atoms with Crippen LogP contribution >= 0.6 is 11.6 Å². The van der Waals surface area contributed by atoms with Gasteiger partial charge >= 0.3 is 0 Å². The Kier molecular flexibility index (Phi) is 3.64. The van der Waals surface area contributed by atoms with E-state index in [0.29, 0.717) is 5.88 Å². The van der Waals surface area contributed by atoms with Crippen LogP contribution in [0.3, 0.4) is 0 Å². The molecule has 1 heterocycles. The molecule has 2 nitrogen and oxygen atoms in total. The summed E-state index contributed by atoms with van der Waals surface area (Å²) in [6.07, 6.45) is 1.79. The molecule has 1 aromatic heterocycles. The Morgan fingerprint density at radius 2 is 1.88 bits per heavy atom. The summed E-state index contributed by atoms with van der Waals surface area (Å²) in [5.74, 6) is 1.38. The molecule has 0 radical (unpaired) electrons. The standard InChI is InChI=1S/C14H15ClN2/c1-11-5-7-13(8-6-11)17(2)14-12(10-15)4-3-9-16-14/h3-9H,10H2,1-2H3. The van der Waals surface area contributed by atoms with Gasteiger partial charge in [-0.05, 0) is 25.1 Å². The van der Waals surface area contributed by atoms with Crippen molar-refractivity contribution in [3.05, 3.63) is 53.7 Å². The Balaban J connectivity index is 2.36. The van der Waals surface area contributed by atoms with Gasteiger partial charge in [-0.15, -0.1) is 11.6 Å². The predicted octanol–water partition coefficient (Wildman–Crippen LogP) is 3.90. The summed E-state index contributed by atoms with van der Waals surface area (Å²) >= 11 is 5.92. The molecule has 17 heavy (non-hydrogen) atoms. The molecular weight excluding hydrogens is 232 g/mol. The van der Waals surface area contributed by atoms with E-state index in [1.54, 1.807) is 6.20 Å². The van der Waals surface area contributed by atoms with Crippen molar-refractivity contribution in [2.75, 3.05) is 11.9 Å². The molecule has 0 N–H and O–H groups in total. The highest BCUT2D eigenvalue weighted by molar-refractivity contribution is 6.17. The van der Waals surface area contributed by atoms with Gasteiger partial charge in [-0.3, -0.25) is 0 Å². The van der Waals surface area contributed by atoms with Gasteiger partial charge < -0.3 is 4.90 Å². The summed E-state index contributed by atoms with van der Waals surface area (Å²) in [7, 11) is 2.00. The number of rotatable bonds is 3. The molecule has 2 aromatic rings. The van der Waals surface area contributed by atoms with Gasteiger partial charge in [0.05, 0.1) is 5.88 Å². The largest absolute Gasteiger partial charge is 0.329 e. The molecule has 0 aliphatic rings. The van der Waals surface area contributed by atoms with Crippen molar-refractivity contribution >= 4 is 23.1 Å². The highest BCUT2D eigenvalue weighted by Crippen LogP contribution is 2.25. The maximum Gasteiger partial charge on any atom is 0.137 e. The molecule has 0 spiro atoms. The lowest BCUT2D eigenvalue weighted by molar-refractivity contribution is 1.09. The number of anilines is 2. The molecule has 0 atom stereocenters. The van der Waals surface area contributed by atoms with Gasteiger partial charge in [0, 0.05) is 24.5 Å². The molecule has 3 heteroatoms. The second-order valence-electron chi connectivity index (χ2n) is 4.01. The first kappa shape index (κ1) is 11.9. The Morgan fingerprint density at radius 1 is 1.18 bits per heavy atom. The topological polar surface area (TPSA) is 16.1 Å². The normalized spacial score (nSPS) is 10.3. The number of alkyl halides is 1. The summed E-state index contributed by atoms with van der Waals surface area (Å²) in [6.45, 7) is 2.08. The van der Waals surface area contributed by atoms with Crippen LogP contribution in [0.1, 0.15) is 11.1 Å². The molecule has 0 aliphatic heterocycles. The zero-order valence-electron chi connectivity index (χ0n) is 10.0. The van der Waals surface area contributed by atoms with Crippen molar-refractivity contribution in [2.45, 2.75) is 12.8 Å².